The Labute approximate surface area is 432 Å². The number of aliphatic carboxylic acids is 1. The number of primary amides is 1. The van der Waals surface area contributed by atoms with Crippen molar-refractivity contribution in [3.05, 3.63) is 66.0 Å². The van der Waals surface area contributed by atoms with Gasteiger partial charge in [0.05, 0.1) is 19.0 Å². The van der Waals surface area contributed by atoms with Crippen molar-refractivity contribution in [3.63, 3.8) is 0 Å². The van der Waals surface area contributed by atoms with Gasteiger partial charge in [-0.15, -0.1) is 0 Å². The number of hydrogen-bond acceptors (Lipinski definition) is 15. The van der Waals surface area contributed by atoms with Crippen LogP contribution in [0.15, 0.2) is 54.9 Å². The molecule has 0 aliphatic carbocycles. The van der Waals surface area contributed by atoms with Crippen molar-refractivity contribution in [3.8, 4) is 0 Å². The van der Waals surface area contributed by atoms with Crippen molar-refractivity contribution < 1.29 is 53.1 Å². The molecule has 400 valence electrons. The van der Waals surface area contributed by atoms with E-state index in [0.717, 1.165) is 21.6 Å². The average Bonchev–Trinajstić information content (AvgIpc) is 3.86. The van der Waals surface area contributed by atoms with Gasteiger partial charge in [-0.1, -0.05) is 85.7 Å². The normalized spacial score (nSPS) is 24.0. The highest BCUT2D eigenvalue weighted by Crippen LogP contribution is 2.24. The van der Waals surface area contributed by atoms with E-state index in [-0.39, 0.29) is 43.7 Å². The SMILES string of the molecule is CCN(CC)CCC[C@@H]1NC(=O)[C@@H](N)CSSC[C@@H](C(=O)N[C@@H](Cc2cccnc2)C(N)=O)NC(=O)[C@H](Cc2ccccc2)NC(=O)[C@@H]2CCCN2C(=O)CNC(=O)[C@H](C(C)C)NC(=O)[C@H](CC(=O)O)NC1=O. The molecule has 1 aromatic carbocycles. The highest BCUT2D eigenvalue weighted by atomic mass is 33.1. The topological polar surface area (TPSA) is 347 Å². The number of benzene rings is 1. The van der Waals surface area contributed by atoms with E-state index in [1.54, 1.807) is 56.3 Å². The predicted octanol–water partition coefficient (Wildman–Crippen LogP) is -1.66. The minimum absolute atomic E-state index is 0.0192. The number of carboxylic acids is 1. The summed E-state index contributed by atoms with van der Waals surface area (Å²) < 4.78 is 0. The van der Waals surface area contributed by atoms with Gasteiger partial charge in [-0.2, -0.15) is 0 Å². The van der Waals surface area contributed by atoms with Crippen LogP contribution < -0.4 is 48.7 Å². The minimum Gasteiger partial charge on any atom is -0.481 e. The number of carbonyl (C=O) groups excluding carboxylic acids is 9. The summed E-state index contributed by atoms with van der Waals surface area (Å²) in [7, 11) is 2.12. The van der Waals surface area contributed by atoms with E-state index in [1.165, 1.54) is 17.3 Å². The van der Waals surface area contributed by atoms with Gasteiger partial charge in [-0.05, 0) is 68.4 Å². The maximum absolute atomic E-state index is 14.4. The van der Waals surface area contributed by atoms with E-state index in [2.05, 4.69) is 47.1 Å². The maximum atomic E-state index is 14.4. The van der Waals surface area contributed by atoms with Crippen molar-refractivity contribution in [2.24, 2.45) is 17.4 Å². The van der Waals surface area contributed by atoms with Crippen LogP contribution in [0.3, 0.4) is 0 Å². The zero-order chi connectivity index (χ0) is 53.6. The summed E-state index contributed by atoms with van der Waals surface area (Å²) in [6, 6.07) is 1.62. The Hall–Kier alpha value is -6.31. The van der Waals surface area contributed by atoms with Crippen LogP contribution in [0.25, 0.3) is 0 Å². The first-order chi connectivity index (χ1) is 34.8. The van der Waals surface area contributed by atoms with Crippen LogP contribution in [0.4, 0.5) is 0 Å². The lowest BCUT2D eigenvalue weighted by molar-refractivity contribution is -0.142. The minimum atomic E-state index is -1.70. The number of rotatable bonds is 16. The molecule has 2 aromatic rings. The van der Waals surface area contributed by atoms with Gasteiger partial charge in [-0.25, -0.2) is 0 Å². The summed E-state index contributed by atoms with van der Waals surface area (Å²) in [5, 5.41) is 28.0. The van der Waals surface area contributed by atoms with Crippen LogP contribution in [0.5, 0.6) is 0 Å². The van der Waals surface area contributed by atoms with E-state index in [0.29, 0.717) is 43.6 Å². The average molecular weight is 1060 g/mol. The molecule has 4 rings (SSSR count). The third-order valence-corrected chi connectivity index (χ3v) is 14.8. The van der Waals surface area contributed by atoms with Crippen LogP contribution in [0.1, 0.15) is 70.9 Å². The molecule has 3 heterocycles. The molecule has 9 amide bonds. The summed E-state index contributed by atoms with van der Waals surface area (Å²) in [5.74, 6) is -9.47. The van der Waals surface area contributed by atoms with Gasteiger partial charge < -0.3 is 63.6 Å². The first-order valence-electron chi connectivity index (χ1n) is 24.4. The molecule has 8 atom stereocenters. The zero-order valence-electron chi connectivity index (χ0n) is 41.6. The van der Waals surface area contributed by atoms with Crippen molar-refractivity contribution in [1.29, 1.82) is 0 Å². The van der Waals surface area contributed by atoms with Crippen LogP contribution in [-0.2, 0) is 60.8 Å². The smallest absolute Gasteiger partial charge is 0.305 e. The summed E-state index contributed by atoms with van der Waals surface area (Å²) in [4.78, 5) is 144. The summed E-state index contributed by atoms with van der Waals surface area (Å²) in [6.45, 7) is 8.67. The van der Waals surface area contributed by atoms with Crippen molar-refractivity contribution in [2.45, 2.75) is 121 Å². The van der Waals surface area contributed by atoms with Gasteiger partial charge in [0.2, 0.25) is 53.2 Å². The lowest BCUT2D eigenvalue weighted by Gasteiger charge is -2.29. The van der Waals surface area contributed by atoms with Crippen LogP contribution >= 0.6 is 21.6 Å². The second kappa shape index (κ2) is 30.0. The quantitative estimate of drug-likeness (QED) is 0.0842. The van der Waals surface area contributed by atoms with Gasteiger partial charge in [0.15, 0.2) is 0 Å². The fourth-order valence-electron chi connectivity index (χ4n) is 8.11. The fourth-order valence-corrected chi connectivity index (χ4v) is 10.4. The molecule has 0 saturated carbocycles. The van der Waals surface area contributed by atoms with Gasteiger partial charge in [0, 0.05) is 43.3 Å². The van der Waals surface area contributed by atoms with E-state index < -0.39 is 126 Å². The zero-order valence-corrected chi connectivity index (χ0v) is 43.3. The molecule has 1 aromatic heterocycles. The lowest BCUT2D eigenvalue weighted by Crippen LogP contribution is -2.60. The Bertz CT molecular complexity index is 2230. The molecule has 25 heteroatoms. The molecule has 73 heavy (non-hydrogen) atoms. The third-order valence-electron chi connectivity index (χ3n) is 12.3. The molecular weight excluding hydrogens is 985 g/mol. The summed E-state index contributed by atoms with van der Waals surface area (Å²) in [5.41, 5.74) is 13.3. The molecule has 0 bridgehead atoms. The van der Waals surface area contributed by atoms with Crippen LogP contribution in [-0.4, -0.2) is 172 Å². The third kappa shape index (κ3) is 19.2. The number of amides is 9. The van der Waals surface area contributed by atoms with E-state index in [4.69, 9.17) is 11.5 Å². The fraction of sp³-hybridized carbons (Fsp3) is 0.562. The lowest BCUT2D eigenvalue weighted by atomic mass is 10.0. The molecule has 12 N–H and O–H groups in total. The molecule has 2 aliphatic heterocycles. The highest BCUT2D eigenvalue weighted by Gasteiger charge is 2.38. The second-order valence-electron chi connectivity index (χ2n) is 18.1. The number of pyridine rings is 1. The predicted molar refractivity (Wildman–Crippen MR) is 274 cm³/mol. The van der Waals surface area contributed by atoms with E-state index in [1.807, 2.05) is 13.8 Å². The number of hydrogen-bond donors (Lipinski definition) is 10. The Morgan fingerprint density at radius 1 is 0.822 bits per heavy atom. The molecule has 23 nitrogen and oxygen atoms in total. The largest absolute Gasteiger partial charge is 0.481 e. The Balaban J connectivity index is 1.70. The van der Waals surface area contributed by atoms with Gasteiger partial charge in [0.25, 0.3) is 0 Å². The van der Waals surface area contributed by atoms with Crippen molar-refractivity contribution in [2.75, 3.05) is 44.2 Å². The monoisotopic (exact) mass is 1050 g/mol. The molecule has 0 radical (unpaired) electrons. The summed E-state index contributed by atoms with van der Waals surface area (Å²) >= 11 is 0. The van der Waals surface area contributed by atoms with E-state index >= 15 is 0 Å². The summed E-state index contributed by atoms with van der Waals surface area (Å²) in [6.07, 6.45) is 3.22. The van der Waals surface area contributed by atoms with Crippen molar-refractivity contribution >= 4 is 80.7 Å². The van der Waals surface area contributed by atoms with Gasteiger partial charge >= 0.3 is 5.97 Å². The first-order valence-corrected chi connectivity index (χ1v) is 26.9. The molecular formula is C48H70N12O11S2. The number of fused-ring (bicyclic) bond motifs is 1. The standard InChI is InChI=1S/C48H70N12O11S2/c1-5-59(6-2)19-11-16-32-43(66)55-35(23-39(62)63)45(68)58-40(28(3)4)48(71)52-25-38(61)60-20-12-17-37(60)47(70)56-34(21-29-13-8-7-9-14-29)44(67)57-36(27-73-72-26-31(49)42(65)53-32)46(69)54-33(41(50)64)22-30-15-10-18-51-24-30/h7-10,13-15,18,24,28,31-37,40H,5-6,11-12,16-17,19-23,25-27,49H2,1-4H3,(H2,50,64)(H,52,71)(H,53,65)(H,54,69)(H,55,66)(H,56,70)(H,57,67)(H,58,68)(H,62,63)/t31-,32-,33-,34-,35-,36-,37-,40-/m0/s1. The van der Waals surface area contributed by atoms with Crippen LogP contribution in [0.2, 0.25) is 0 Å². The molecule has 0 unspecified atom stereocenters. The number of nitrogens with two attached hydrogens (primary N) is 2. The maximum Gasteiger partial charge on any atom is 0.305 e. The highest BCUT2D eigenvalue weighted by molar-refractivity contribution is 8.76. The number of carboxylic acid groups (broad SMARTS) is 1. The number of nitrogens with zero attached hydrogens (tertiary/aromatic N) is 3. The van der Waals surface area contributed by atoms with Gasteiger partial charge in [0.1, 0.15) is 42.3 Å². The molecule has 0 spiro atoms. The molecule has 2 fully saturated rings. The van der Waals surface area contributed by atoms with Gasteiger partial charge in [-0.3, -0.25) is 52.9 Å². The number of aromatic nitrogens is 1. The number of carbonyl (C=O) groups is 10. The number of nitrogens with one attached hydrogen (secondary N) is 7. The Kier molecular flexibility index (Phi) is 24.4. The second-order valence-corrected chi connectivity index (χ2v) is 20.7. The Morgan fingerprint density at radius 3 is 2.11 bits per heavy atom. The van der Waals surface area contributed by atoms with Crippen molar-refractivity contribution in [1.82, 2.24) is 52.0 Å². The van der Waals surface area contributed by atoms with Crippen LogP contribution in [0, 0.1) is 5.92 Å². The molecule has 2 saturated heterocycles. The Morgan fingerprint density at radius 2 is 1.47 bits per heavy atom. The molecule has 2 aliphatic rings. The van der Waals surface area contributed by atoms with E-state index in [9.17, 15) is 53.1 Å². The first kappa shape index (κ1) is 59.3.